The topological polar surface area (TPSA) is 121 Å². The maximum atomic E-state index is 11.7. The van der Waals surface area contributed by atoms with Crippen molar-refractivity contribution < 1.29 is 30.6 Å². The second kappa shape index (κ2) is 27.3. The van der Waals surface area contributed by atoms with E-state index < -0.39 is 10.8 Å². The van der Waals surface area contributed by atoms with Crippen LogP contribution >= 0.6 is 0 Å². The van der Waals surface area contributed by atoms with Gasteiger partial charge in [-0.1, -0.05) is 244 Å². The number of aryl methyl sites for hydroxylation is 3. The molecule has 0 aliphatic heterocycles. The molecule has 0 spiro atoms. The van der Waals surface area contributed by atoms with E-state index in [0.717, 1.165) is 116 Å². The van der Waals surface area contributed by atoms with Crippen LogP contribution in [0.4, 0.5) is 0 Å². The third-order valence-electron chi connectivity index (χ3n) is 19.0. The van der Waals surface area contributed by atoms with Crippen molar-refractivity contribution in [1.29, 1.82) is 0 Å². The molecule has 0 radical (unpaired) electrons. The first-order chi connectivity index (χ1) is 46.0. The van der Waals surface area contributed by atoms with Crippen LogP contribution in [0.15, 0.2) is 309 Å². The summed E-state index contributed by atoms with van der Waals surface area (Å²) in [7, 11) is 0. The Morgan fingerprint density at radius 2 is 0.579 bits per heavy atom. The Hall–Kier alpha value is -11.6. The number of benzene rings is 14. The zero-order valence-corrected chi connectivity index (χ0v) is 54.2. The molecule has 6 nitrogen and oxygen atoms in total. The van der Waals surface area contributed by atoms with Gasteiger partial charge in [-0.05, 0) is 218 Å². The lowest BCUT2D eigenvalue weighted by Crippen LogP contribution is -2.26. The van der Waals surface area contributed by atoms with Gasteiger partial charge < -0.3 is 30.6 Å². The highest BCUT2D eigenvalue weighted by molar-refractivity contribution is 5.93. The molecule has 468 valence electrons. The number of hydrogen-bond donors (Lipinski definition) is 6. The largest absolute Gasteiger partial charge is 0.508 e. The monoisotopic (exact) mass is 1240 g/mol. The summed E-state index contributed by atoms with van der Waals surface area (Å²) >= 11 is 0. The van der Waals surface area contributed by atoms with Gasteiger partial charge in [0.05, 0.1) is 0 Å². The van der Waals surface area contributed by atoms with Gasteiger partial charge in [0.15, 0.2) is 0 Å². The second-order valence-corrected chi connectivity index (χ2v) is 25.0. The zero-order valence-electron chi connectivity index (χ0n) is 54.2. The summed E-state index contributed by atoms with van der Waals surface area (Å²) in [5, 5.41) is 67.2. The molecule has 14 rings (SSSR count). The molecule has 1 atom stereocenters. The minimum Gasteiger partial charge on any atom is -0.508 e. The lowest BCUT2D eigenvalue weighted by Gasteiger charge is -2.35. The van der Waals surface area contributed by atoms with Gasteiger partial charge in [-0.3, -0.25) is 0 Å². The highest BCUT2D eigenvalue weighted by atomic mass is 16.3. The van der Waals surface area contributed by atoms with Crippen LogP contribution < -0.4 is 0 Å². The number of hydrogen-bond acceptors (Lipinski definition) is 6. The number of aromatic hydroxyl groups is 6. The molecule has 0 saturated heterocycles. The lowest BCUT2D eigenvalue weighted by molar-refractivity contribution is 0.453. The summed E-state index contributed by atoms with van der Waals surface area (Å²) in [5.74, 6) is 1.71. The van der Waals surface area contributed by atoms with Gasteiger partial charge in [0.1, 0.15) is 34.5 Å². The molecule has 0 aliphatic rings. The molecule has 0 aromatic heterocycles. The summed E-state index contributed by atoms with van der Waals surface area (Å²) in [6.45, 7) is 12.3. The average Bonchev–Trinajstić information content (AvgIpc) is 0.734. The van der Waals surface area contributed by atoms with Crippen LogP contribution in [0.5, 0.6) is 34.5 Å². The molecule has 0 fully saturated rings. The fraction of sp³-hybridized carbons (Fsp3) is 0.101. The molecular formula is C89H76O6. The van der Waals surface area contributed by atoms with E-state index in [1.165, 1.54) is 11.1 Å². The summed E-state index contributed by atoms with van der Waals surface area (Å²) in [6.07, 6.45) is 0. The first-order valence-electron chi connectivity index (χ1n) is 32.1. The normalized spacial score (nSPS) is 11.7. The van der Waals surface area contributed by atoms with Gasteiger partial charge in [0.2, 0.25) is 0 Å². The molecule has 0 saturated carbocycles. The molecule has 14 aromatic rings. The van der Waals surface area contributed by atoms with Crippen molar-refractivity contribution in [3.8, 4) is 79.0 Å². The van der Waals surface area contributed by atoms with Crippen LogP contribution in [0, 0.1) is 20.8 Å². The molecule has 14 aromatic carbocycles. The van der Waals surface area contributed by atoms with Crippen molar-refractivity contribution in [3.63, 3.8) is 0 Å². The van der Waals surface area contributed by atoms with E-state index in [1.54, 1.807) is 36.4 Å². The molecule has 6 N–H and O–H groups in total. The van der Waals surface area contributed by atoms with Gasteiger partial charge in [0.25, 0.3) is 0 Å². The van der Waals surface area contributed by atoms with E-state index >= 15 is 0 Å². The number of phenolic OH excluding ortho intramolecular Hbond substituents is 6. The maximum Gasteiger partial charge on any atom is 0.122 e. The van der Waals surface area contributed by atoms with E-state index in [2.05, 4.69) is 178 Å². The van der Waals surface area contributed by atoms with Crippen molar-refractivity contribution >= 4 is 21.5 Å². The highest BCUT2D eigenvalue weighted by Gasteiger charge is 2.38. The summed E-state index contributed by atoms with van der Waals surface area (Å²) in [4.78, 5) is 0. The van der Waals surface area contributed by atoms with Crippen molar-refractivity contribution in [3.05, 3.63) is 371 Å². The van der Waals surface area contributed by atoms with Crippen molar-refractivity contribution in [1.82, 2.24) is 0 Å². The van der Waals surface area contributed by atoms with E-state index in [9.17, 15) is 30.6 Å². The third kappa shape index (κ3) is 13.0. The minimum atomic E-state index is -0.663. The predicted molar refractivity (Wildman–Crippen MR) is 391 cm³/mol. The van der Waals surface area contributed by atoms with Gasteiger partial charge in [-0.15, -0.1) is 0 Å². The molecule has 0 aliphatic carbocycles. The Morgan fingerprint density at radius 3 is 1.00 bits per heavy atom. The average molecular weight is 1240 g/mol. The Labute approximate surface area is 556 Å². The Balaban J connectivity index is 0.000000138. The van der Waals surface area contributed by atoms with Gasteiger partial charge >= 0.3 is 0 Å². The smallest absolute Gasteiger partial charge is 0.122 e. The standard InChI is InChI=1S/C35H28O2.2C27H24O2/c1-23-21-27(24-17-19-28(36)20-18-24)22-33(34(23)37)35(2,31-15-7-11-25-9-3-5-13-29(25)31)32-16-8-12-26-10-4-6-14-30(26)32;1-19-17-21(20-13-15-24(28)16-14-20)18-25(26(19)29)27(2,22-9-5-3-6-10-22)23-11-7-4-8-12-23;1-18-16-24(23-12-14-25(28)15-13-23)17-26(27(18)29)19(2)20-8-10-22(11-9-20)21-6-4-3-5-7-21/h3-22,36-37H,1-2H3;3-18,28-29H,1-2H3;3-17,19,28-29H,1-2H3. The Kier molecular flexibility index (Phi) is 18.3. The summed E-state index contributed by atoms with van der Waals surface area (Å²) < 4.78 is 0. The van der Waals surface area contributed by atoms with Crippen molar-refractivity contribution in [2.24, 2.45) is 0 Å². The molecule has 95 heavy (non-hydrogen) atoms. The van der Waals surface area contributed by atoms with Crippen molar-refractivity contribution in [2.75, 3.05) is 0 Å². The summed E-state index contributed by atoms with van der Waals surface area (Å²) in [6, 6.07) is 103. The Bertz CT molecular complexity index is 4860. The maximum absolute atomic E-state index is 11.7. The van der Waals surface area contributed by atoms with Gasteiger partial charge in [-0.2, -0.15) is 0 Å². The SMILES string of the molecule is Cc1cc(-c2ccc(O)cc2)cc(C(C)(c2cccc3ccccc23)c2cccc3ccccc23)c1O.Cc1cc(-c2ccc(O)cc2)cc(C(C)(c2ccccc2)c2ccccc2)c1O.Cc1cc(-c2ccc(O)cc2)cc(C(C)c2ccc(-c3ccccc3)cc2)c1O. The van der Waals surface area contributed by atoms with Crippen LogP contribution in [0.3, 0.4) is 0 Å². The first-order valence-corrected chi connectivity index (χ1v) is 32.1. The molecule has 0 amide bonds. The predicted octanol–water partition coefficient (Wildman–Crippen LogP) is 22.1. The molecule has 0 bridgehead atoms. The van der Waals surface area contributed by atoms with E-state index in [1.807, 2.05) is 136 Å². The fourth-order valence-corrected chi connectivity index (χ4v) is 13.5. The quantitative estimate of drug-likeness (QED) is 0.0678. The number of phenols is 6. The van der Waals surface area contributed by atoms with Crippen LogP contribution in [0.2, 0.25) is 0 Å². The number of rotatable bonds is 12. The van der Waals surface area contributed by atoms with E-state index in [0.29, 0.717) is 17.2 Å². The van der Waals surface area contributed by atoms with E-state index in [4.69, 9.17) is 0 Å². The minimum absolute atomic E-state index is 0.0515. The lowest BCUT2D eigenvalue weighted by atomic mass is 9.67. The first kappa shape index (κ1) is 63.5. The van der Waals surface area contributed by atoms with Gasteiger partial charge in [0, 0.05) is 33.4 Å². The van der Waals surface area contributed by atoms with Crippen LogP contribution in [0.1, 0.15) is 87.9 Å². The Morgan fingerprint density at radius 1 is 0.263 bits per heavy atom. The zero-order chi connectivity index (χ0) is 66.4. The molecule has 0 heterocycles. The van der Waals surface area contributed by atoms with Crippen LogP contribution in [-0.2, 0) is 10.8 Å². The number of fused-ring (bicyclic) bond motifs is 2. The molecule has 6 heteroatoms. The van der Waals surface area contributed by atoms with Crippen molar-refractivity contribution in [2.45, 2.75) is 58.3 Å². The fourth-order valence-electron chi connectivity index (χ4n) is 13.5. The highest BCUT2D eigenvalue weighted by Crippen LogP contribution is 2.50. The van der Waals surface area contributed by atoms with Gasteiger partial charge in [-0.25, -0.2) is 0 Å². The van der Waals surface area contributed by atoms with E-state index in [-0.39, 0.29) is 23.2 Å². The second-order valence-electron chi connectivity index (χ2n) is 25.0. The third-order valence-corrected chi connectivity index (χ3v) is 19.0. The summed E-state index contributed by atoms with van der Waals surface area (Å²) in [5.41, 5.74) is 18.0. The molecule has 1 unspecified atom stereocenters. The van der Waals surface area contributed by atoms with Crippen LogP contribution in [-0.4, -0.2) is 30.6 Å². The molecular weight excluding hydrogens is 1160 g/mol. The van der Waals surface area contributed by atoms with Crippen LogP contribution in [0.25, 0.3) is 66.1 Å².